The molecule has 1 aliphatic heterocycles. The third-order valence-electron chi connectivity index (χ3n) is 4.60. The van der Waals surface area contributed by atoms with Gasteiger partial charge in [-0.2, -0.15) is 0 Å². The molecule has 0 radical (unpaired) electrons. The van der Waals surface area contributed by atoms with Crippen molar-refractivity contribution in [3.05, 3.63) is 0 Å². The quantitative estimate of drug-likeness (QED) is 0.557. The lowest BCUT2D eigenvalue weighted by Crippen LogP contribution is -2.79. The highest BCUT2D eigenvalue weighted by Crippen LogP contribution is 2.50. The summed E-state index contributed by atoms with van der Waals surface area (Å²) >= 11 is 0. The van der Waals surface area contributed by atoms with Gasteiger partial charge in [-0.25, -0.2) is 0 Å². The van der Waals surface area contributed by atoms with Crippen molar-refractivity contribution in [2.75, 3.05) is 13.2 Å². The van der Waals surface area contributed by atoms with Crippen molar-refractivity contribution >= 4 is 0 Å². The zero-order chi connectivity index (χ0) is 15.6. The maximum Gasteiger partial charge on any atom is 0.198 e. The van der Waals surface area contributed by atoms with Gasteiger partial charge in [0, 0.05) is 13.0 Å². The molecule has 0 aromatic heterocycles. The Hall–Kier alpha value is -0.240. The highest BCUT2D eigenvalue weighted by atomic mass is 16.7. The van der Waals surface area contributed by atoms with E-state index in [1.807, 2.05) is 0 Å². The van der Waals surface area contributed by atoms with Crippen LogP contribution in [-0.4, -0.2) is 62.8 Å². The zero-order valence-electron chi connectivity index (χ0n) is 12.8. The Balaban J connectivity index is 3.44. The maximum absolute atomic E-state index is 11.0. The minimum absolute atomic E-state index is 0.171. The zero-order valence-corrected chi connectivity index (χ0v) is 12.8. The molecule has 0 spiro atoms. The van der Waals surface area contributed by atoms with Crippen LogP contribution in [0.25, 0.3) is 0 Å². The van der Waals surface area contributed by atoms with Crippen LogP contribution in [0.15, 0.2) is 0 Å². The lowest BCUT2D eigenvalue weighted by molar-refractivity contribution is -0.426. The second-order valence-electron chi connectivity index (χ2n) is 5.31. The Morgan fingerprint density at radius 3 is 2.00 bits per heavy atom. The Bertz CT molecular complexity index is 325. The van der Waals surface area contributed by atoms with Crippen LogP contribution in [0.2, 0.25) is 0 Å². The summed E-state index contributed by atoms with van der Waals surface area (Å²) in [4.78, 5) is 0. The van der Waals surface area contributed by atoms with Gasteiger partial charge in [0.05, 0.1) is 6.61 Å². The molecule has 5 atom stereocenters. The Morgan fingerprint density at radius 1 is 1.05 bits per heavy atom. The molecule has 0 saturated carbocycles. The van der Waals surface area contributed by atoms with Crippen LogP contribution in [0.3, 0.4) is 0 Å². The van der Waals surface area contributed by atoms with Crippen LogP contribution in [0.1, 0.15) is 47.0 Å². The van der Waals surface area contributed by atoms with E-state index in [0.29, 0.717) is 0 Å². The van der Waals surface area contributed by atoms with E-state index in [4.69, 9.17) is 9.47 Å². The molecule has 0 aliphatic carbocycles. The second kappa shape index (κ2) is 6.25. The van der Waals surface area contributed by atoms with Gasteiger partial charge in [0.1, 0.15) is 17.8 Å². The van der Waals surface area contributed by atoms with Crippen LogP contribution in [-0.2, 0) is 9.47 Å². The van der Waals surface area contributed by atoms with Crippen LogP contribution in [0.4, 0.5) is 0 Å². The molecule has 0 aromatic rings. The van der Waals surface area contributed by atoms with Gasteiger partial charge in [-0.15, -0.1) is 0 Å². The first kappa shape index (κ1) is 17.8. The maximum atomic E-state index is 11.0. The van der Waals surface area contributed by atoms with Gasteiger partial charge in [0.15, 0.2) is 11.4 Å². The molecule has 0 unspecified atom stereocenters. The van der Waals surface area contributed by atoms with E-state index < -0.39 is 35.8 Å². The molecule has 1 heterocycles. The first-order chi connectivity index (χ1) is 9.32. The highest BCUT2D eigenvalue weighted by molar-refractivity contribution is 5.16. The van der Waals surface area contributed by atoms with E-state index in [0.717, 1.165) is 0 Å². The summed E-state index contributed by atoms with van der Waals surface area (Å²) in [5.41, 5.74) is -3.14. The van der Waals surface area contributed by atoms with Crippen molar-refractivity contribution in [2.24, 2.45) is 0 Å². The number of hydrogen-bond acceptors (Lipinski definition) is 6. The summed E-state index contributed by atoms with van der Waals surface area (Å²) in [5.74, 6) is -1.77. The van der Waals surface area contributed by atoms with Crippen molar-refractivity contribution < 1.29 is 29.9 Å². The molecule has 1 aliphatic rings. The first-order valence-electron chi connectivity index (χ1n) is 7.37. The average Bonchev–Trinajstić information content (AvgIpc) is 2.47. The standard InChI is InChI=1S/C14H28O6/c1-5-12(17)11(16)10(9-15)20-14(18,7-3)13(12,6-2)19-8-4/h10-11,15-18H,5-9H2,1-4H3/t10-,11-,12+,13+,14+/m1/s1. The minimum atomic E-state index is -1.77. The fraction of sp³-hybridized carbons (Fsp3) is 1.00. The molecule has 1 saturated heterocycles. The van der Waals surface area contributed by atoms with Gasteiger partial charge >= 0.3 is 0 Å². The SMILES string of the molecule is CCO[C@]1(CC)[C@](O)(CC)O[C@H](CO)[C@@H](O)[C@@]1(O)CC. The topological polar surface area (TPSA) is 99.4 Å². The van der Waals surface area contributed by atoms with Gasteiger partial charge in [-0.1, -0.05) is 20.8 Å². The van der Waals surface area contributed by atoms with Crippen LogP contribution < -0.4 is 0 Å². The van der Waals surface area contributed by atoms with Crippen molar-refractivity contribution in [3.63, 3.8) is 0 Å². The summed E-state index contributed by atoms with van der Waals surface area (Å²) in [6.07, 6.45) is -1.78. The Kier molecular flexibility index (Phi) is 5.57. The number of hydrogen-bond donors (Lipinski definition) is 4. The summed E-state index contributed by atoms with van der Waals surface area (Å²) in [6.45, 7) is 6.73. The van der Waals surface area contributed by atoms with E-state index in [9.17, 15) is 20.4 Å². The van der Waals surface area contributed by atoms with Crippen LogP contribution in [0.5, 0.6) is 0 Å². The fourth-order valence-corrected chi connectivity index (χ4v) is 3.46. The highest BCUT2D eigenvalue weighted by Gasteiger charge is 2.70. The van der Waals surface area contributed by atoms with E-state index in [-0.39, 0.29) is 25.9 Å². The molecule has 0 aromatic carbocycles. The summed E-state index contributed by atoms with van der Waals surface area (Å²) in [7, 11) is 0. The monoisotopic (exact) mass is 292 g/mol. The predicted molar refractivity (Wildman–Crippen MR) is 73.1 cm³/mol. The van der Waals surface area contributed by atoms with Crippen LogP contribution in [0, 0.1) is 0 Å². The molecule has 120 valence electrons. The summed E-state index contributed by atoms with van der Waals surface area (Å²) < 4.78 is 11.2. The fourth-order valence-electron chi connectivity index (χ4n) is 3.46. The molecule has 1 fully saturated rings. The van der Waals surface area contributed by atoms with Crippen LogP contribution >= 0.6 is 0 Å². The molecule has 6 heteroatoms. The van der Waals surface area contributed by atoms with Gasteiger partial charge in [0.25, 0.3) is 0 Å². The van der Waals surface area contributed by atoms with Gasteiger partial charge in [-0.05, 0) is 19.8 Å². The molecular weight excluding hydrogens is 264 g/mol. The normalized spacial score (nSPS) is 45.6. The molecule has 4 N–H and O–H groups in total. The summed E-state index contributed by atoms with van der Waals surface area (Å²) in [5, 5.41) is 41.6. The number of aliphatic hydroxyl groups is 4. The summed E-state index contributed by atoms with van der Waals surface area (Å²) in [6, 6.07) is 0. The van der Waals surface area contributed by atoms with Gasteiger partial charge < -0.3 is 29.9 Å². The third-order valence-corrected chi connectivity index (χ3v) is 4.60. The van der Waals surface area contributed by atoms with E-state index >= 15 is 0 Å². The average molecular weight is 292 g/mol. The van der Waals surface area contributed by atoms with Crippen molar-refractivity contribution in [1.29, 1.82) is 0 Å². The molecule has 0 amide bonds. The molecule has 6 nitrogen and oxygen atoms in total. The molecule has 1 rings (SSSR count). The third kappa shape index (κ3) is 2.19. The molecule has 20 heavy (non-hydrogen) atoms. The lowest BCUT2D eigenvalue weighted by atomic mass is 9.65. The Labute approximate surface area is 120 Å². The minimum Gasteiger partial charge on any atom is -0.394 e. The number of rotatable bonds is 6. The van der Waals surface area contributed by atoms with Crippen molar-refractivity contribution in [3.8, 4) is 0 Å². The largest absolute Gasteiger partial charge is 0.394 e. The van der Waals surface area contributed by atoms with E-state index in [1.165, 1.54) is 0 Å². The lowest BCUT2D eigenvalue weighted by Gasteiger charge is -2.60. The first-order valence-corrected chi connectivity index (χ1v) is 7.37. The van der Waals surface area contributed by atoms with Crippen molar-refractivity contribution in [2.45, 2.75) is 76.2 Å². The predicted octanol–water partition coefficient (Wildman–Crippen LogP) is 0.163. The van der Waals surface area contributed by atoms with Gasteiger partial charge in [0.2, 0.25) is 0 Å². The number of ether oxygens (including phenoxy) is 2. The molecule has 0 bridgehead atoms. The Morgan fingerprint density at radius 2 is 1.65 bits per heavy atom. The van der Waals surface area contributed by atoms with Gasteiger partial charge in [-0.3, -0.25) is 0 Å². The number of aliphatic hydroxyl groups excluding tert-OH is 2. The second-order valence-corrected chi connectivity index (χ2v) is 5.31. The molecular formula is C14H28O6. The smallest absolute Gasteiger partial charge is 0.198 e. The van der Waals surface area contributed by atoms with E-state index in [1.54, 1.807) is 27.7 Å². The van der Waals surface area contributed by atoms with E-state index in [2.05, 4.69) is 0 Å². The van der Waals surface area contributed by atoms with Crippen molar-refractivity contribution in [1.82, 2.24) is 0 Å².